The van der Waals surface area contributed by atoms with E-state index < -0.39 is 120 Å². The van der Waals surface area contributed by atoms with Crippen molar-refractivity contribution in [1.29, 1.82) is 0 Å². The predicted molar refractivity (Wildman–Crippen MR) is 500 cm³/mol. The zero-order chi connectivity index (χ0) is 98.4. The summed E-state index contributed by atoms with van der Waals surface area (Å²) in [7, 11) is -0.664. The Bertz CT molecular complexity index is 5430. The average Bonchev–Trinajstić information content (AvgIpc) is 1.62. The smallest absolute Gasteiger partial charge is 1.00 e. The van der Waals surface area contributed by atoms with Crippen LogP contribution in [0.2, 0.25) is 36.3 Å². The Hall–Kier alpha value is -7.09. The second kappa shape index (κ2) is 49.4. The molecule has 11 nitrogen and oxygen atoms in total. The summed E-state index contributed by atoms with van der Waals surface area (Å²) in [5.41, 5.74) is 4.73. The van der Waals surface area contributed by atoms with E-state index in [1.165, 1.54) is 105 Å². The van der Waals surface area contributed by atoms with Crippen molar-refractivity contribution in [3.05, 3.63) is 260 Å². The van der Waals surface area contributed by atoms with E-state index in [1.54, 1.807) is 24.3 Å². The fourth-order valence-corrected chi connectivity index (χ4v) is 15.2. The van der Waals surface area contributed by atoms with Gasteiger partial charge >= 0.3 is 60.1 Å². The van der Waals surface area contributed by atoms with Gasteiger partial charge in [-0.25, -0.2) is 36.7 Å². The molecule has 2 aromatic heterocycles. The van der Waals surface area contributed by atoms with Crippen LogP contribution in [0.1, 0.15) is 213 Å². The van der Waals surface area contributed by atoms with Crippen molar-refractivity contribution in [2.24, 2.45) is 17.8 Å². The SMILES string of the molecule is Br.CC(C)(C)[Si](C)(C)Cl.CC(C)(C)[Si](C)(C)O/C(=C\c1cccc(C(F)(F)F)c1)C1CC1.CON(C)C(=O)Cc1cccc(C(F)(F)F)c1.Nc1nc(C2CC2)c(-c2cccc(C(F)(F)F)c2)s1.O=C(C1CC1)C(Br)c1cccc(C(F)(F)F)c1.O=C(Cc1cccc(C(F)(F)F)c1)C1CC1.O=C(Nc1nc(C2CC2)c(-c2cccc(C(F)(F)F)c2)s1)c1c(F)cccc1F.[Br-].[CH-]1CC1.[Mg+2]. The van der Waals surface area contributed by atoms with Crippen LogP contribution in [0.5, 0.6) is 0 Å². The number of alkyl halides is 19. The average molecular weight is 2210 g/mol. The molecule has 7 aromatic carbocycles. The zero-order valence-corrected chi connectivity index (χ0v) is 86.3. The van der Waals surface area contributed by atoms with Crippen LogP contribution < -0.4 is 28.0 Å². The first-order valence-electron chi connectivity index (χ1n) is 42.0. The first-order chi connectivity index (χ1) is 61.0. The Kier molecular flexibility index (Phi) is 43.3. The Labute approximate surface area is 832 Å². The molecule has 15 rings (SSSR count). The van der Waals surface area contributed by atoms with Gasteiger partial charge < -0.3 is 33.6 Å². The molecule has 0 spiro atoms. The quantitative estimate of drug-likeness (QED) is 0.0153. The molecule has 1 atom stereocenters. The first kappa shape index (κ1) is 118. The molecule has 0 radical (unpaired) electrons. The van der Waals surface area contributed by atoms with Gasteiger partial charge in [0, 0.05) is 43.1 Å². The Balaban J connectivity index is 0.000000281. The second-order valence-corrected chi connectivity index (χ2v) is 50.3. The largest absolute Gasteiger partial charge is 2.00 e. The monoisotopic (exact) mass is 2210 g/mol. The maximum absolute atomic E-state index is 13.8. The minimum absolute atomic E-state index is 0. The van der Waals surface area contributed by atoms with E-state index in [-0.39, 0.29) is 109 Å². The number of carbonyl (C=O) groups excluding carboxylic acids is 4. The van der Waals surface area contributed by atoms with Crippen LogP contribution in [0.15, 0.2) is 170 Å². The molecular formula is C95H103Br3ClF20MgN5O6S2Si2. The Morgan fingerprint density at radius 1 is 0.533 bits per heavy atom. The van der Waals surface area contributed by atoms with Gasteiger partial charge in [0.25, 0.3) is 5.91 Å². The molecule has 6 saturated carbocycles. The molecule has 2 amide bonds. The molecule has 0 aliphatic heterocycles. The molecule has 3 N–H and O–H groups in total. The number of rotatable bonds is 19. The molecule has 734 valence electrons. The van der Waals surface area contributed by atoms with Crippen molar-refractivity contribution >= 4 is 145 Å². The van der Waals surface area contributed by atoms with Crippen molar-refractivity contribution < 1.29 is 133 Å². The number of nitrogens with zero attached hydrogens (tertiary/aromatic N) is 3. The van der Waals surface area contributed by atoms with E-state index in [2.05, 4.69) is 110 Å². The molecule has 1 unspecified atom stereocenters. The maximum Gasteiger partial charge on any atom is 2.00 e. The molecule has 6 aliphatic carbocycles. The normalized spacial score (nSPS) is 15.2. The van der Waals surface area contributed by atoms with Gasteiger partial charge in [0.05, 0.1) is 78.6 Å². The number of halogens is 24. The number of Topliss-reactive ketones (excluding diaryl/α,β-unsaturated/α-hetero) is 2. The fraction of sp³-hybridized carbons (Fsp3) is 0.421. The zero-order valence-electron chi connectivity index (χ0n) is 75.6. The summed E-state index contributed by atoms with van der Waals surface area (Å²) in [5.74, 6) is -1.63. The Morgan fingerprint density at radius 2 is 0.904 bits per heavy atom. The molecule has 40 heteroatoms. The van der Waals surface area contributed by atoms with Crippen molar-refractivity contribution in [1.82, 2.24) is 15.0 Å². The van der Waals surface area contributed by atoms with Gasteiger partial charge in [-0.3, -0.25) is 29.3 Å². The molecule has 6 fully saturated rings. The summed E-state index contributed by atoms with van der Waals surface area (Å²) in [4.78, 5) is 60.8. The fourth-order valence-electron chi connectivity index (χ4n) is 11.4. The number of nitrogens with one attached hydrogen (secondary N) is 1. The summed E-state index contributed by atoms with van der Waals surface area (Å²) in [6, 6.07) is 33.2. The standard InChI is InChI=1S/C20H13F5N2OS.C18H25F3OSi.C13H11F3N2S.C12H10BrF3O.C12H11F3O.C11H12F3NO2.C6H15ClSi.C3H5.2BrH.Mg/c21-13-5-2-6-14(22)15(13)18(28)27-19-26-16(10-7-8-10)17(29-19)11-3-1-4-12(9-11)20(23,24)25;1-17(2,3)23(4,5)22-16(14-9-10-14)12-13-7-6-8-15(11-13)18(19,20)21;14-13(15,16)9-3-1-2-8(6-9)11-10(7-4-5-7)18-12(17)19-11;13-10(11(17)7-4-5-7)8-2-1-3-9(6-8)12(14,15)16;13-12(14,15)10-3-1-2-8(6-10)7-11(16)9-4-5-9;1-15(17-2)10(16)7-8-4-3-5-9(6-8)11(12,13)14;1-6(2,3)8(4,5)7;1-2-3-1;;;/h1-6,9-10H,7-8H2,(H,26,27,28);6-8,11-12,14H,9-10H2,1-5H3;1-3,6-7H,4-5H2,(H2,17,18);1-3,6-7,10H,4-5H2;1-3,6,9H,4-5,7H2;3-6H,7H2,1-2H3;1-5H3;1H,2-3H2;2*1H;/q;;;;;;;-1;;;+2/p-1/b;16-12-;;;;;;;;;. The van der Waals surface area contributed by atoms with Crippen LogP contribution in [0.25, 0.3) is 27.0 Å². The minimum Gasteiger partial charge on any atom is -1.00 e. The summed E-state index contributed by atoms with van der Waals surface area (Å²) in [5, 5.41) is 4.23. The number of hydrogen-bond acceptors (Lipinski definition) is 11. The van der Waals surface area contributed by atoms with E-state index in [0.29, 0.717) is 66.0 Å². The number of aromatic nitrogens is 2. The van der Waals surface area contributed by atoms with Crippen LogP contribution in [-0.2, 0) is 73.5 Å². The van der Waals surface area contributed by atoms with Gasteiger partial charge in [-0.05, 0) is 194 Å². The third-order valence-corrected chi connectivity index (χ3v) is 34.5. The van der Waals surface area contributed by atoms with Gasteiger partial charge in [0.2, 0.25) is 14.2 Å². The van der Waals surface area contributed by atoms with Crippen LogP contribution in [0.3, 0.4) is 0 Å². The Morgan fingerprint density at radius 3 is 1.30 bits per heavy atom. The molecule has 0 bridgehead atoms. The number of allylic oxidation sites excluding steroid dienone is 1. The number of benzene rings is 7. The summed E-state index contributed by atoms with van der Waals surface area (Å²) in [6.07, 6.45) is -10.1. The summed E-state index contributed by atoms with van der Waals surface area (Å²) < 4.78 is 262. The number of nitrogens with two attached hydrogens (primary N) is 1. The third-order valence-electron chi connectivity index (χ3n) is 22.0. The molecule has 6 aliphatic rings. The number of carbonyl (C=O) groups is 4. The number of hydrogen-bond donors (Lipinski definition) is 2. The molecular weight excluding hydrogens is 2110 g/mol. The molecule has 2 heterocycles. The minimum atomic E-state index is -4.49. The topological polar surface area (TPSA) is 154 Å². The maximum atomic E-state index is 13.8. The first-order valence-corrected chi connectivity index (χ1v) is 51.5. The van der Waals surface area contributed by atoms with Gasteiger partial charge in [-0.15, -0.1) is 17.0 Å². The van der Waals surface area contributed by atoms with E-state index in [9.17, 15) is 107 Å². The number of thiazole rings is 2. The number of ketones is 2. The van der Waals surface area contributed by atoms with Crippen LogP contribution in [0.4, 0.5) is 98.1 Å². The molecule has 9 aromatic rings. The number of likely N-dealkylation sites (N-methyl/N-ethyl adjacent to an activating group) is 1. The van der Waals surface area contributed by atoms with Crippen LogP contribution in [0, 0.1) is 35.8 Å². The number of anilines is 2. The molecule has 135 heavy (non-hydrogen) atoms. The van der Waals surface area contributed by atoms with Crippen molar-refractivity contribution in [2.45, 2.75) is 221 Å². The van der Waals surface area contributed by atoms with Gasteiger partial charge in [0.15, 0.2) is 23.4 Å². The number of amides is 2. The van der Waals surface area contributed by atoms with Crippen LogP contribution >= 0.6 is 66.7 Å². The van der Waals surface area contributed by atoms with Crippen molar-refractivity contribution in [3.8, 4) is 20.9 Å². The van der Waals surface area contributed by atoms with Gasteiger partial charge in [-0.2, -0.15) is 90.1 Å². The van der Waals surface area contributed by atoms with E-state index in [0.717, 1.165) is 176 Å². The molecule has 0 saturated heterocycles. The van der Waals surface area contributed by atoms with E-state index >= 15 is 0 Å². The van der Waals surface area contributed by atoms with Crippen molar-refractivity contribution in [3.63, 3.8) is 0 Å². The summed E-state index contributed by atoms with van der Waals surface area (Å²) in [6.45, 7) is 21.8. The van der Waals surface area contributed by atoms with Gasteiger partial charge in [-0.1, -0.05) is 190 Å². The predicted octanol–water partition coefficient (Wildman–Crippen LogP) is 28.0. The van der Waals surface area contributed by atoms with E-state index in [1.807, 2.05) is 0 Å². The van der Waals surface area contributed by atoms with E-state index in [4.69, 9.17) is 21.2 Å². The van der Waals surface area contributed by atoms with Gasteiger partial charge in [0.1, 0.15) is 23.0 Å². The third kappa shape index (κ3) is 38.1. The number of nitrogen functional groups attached to an aromatic ring is 1. The van der Waals surface area contributed by atoms with Crippen molar-refractivity contribution in [2.75, 3.05) is 25.2 Å². The number of hydroxylamine groups is 2. The second-order valence-electron chi connectivity index (χ2n) is 35.4. The van der Waals surface area contributed by atoms with Crippen LogP contribution in [-0.4, -0.2) is 91.3 Å². The summed E-state index contributed by atoms with van der Waals surface area (Å²) >= 11 is 11.6.